The highest BCUT2D eigenvalue weighted by molar-refractivity contribution is 7.00. The van der Waals surface area contributed by atoms with Gasteiger partial charge in [0.1, 0.15) is 11.0 Å². The van der Waals surface area contributed by atoms with Gasteiger partial charge in [0.2, 0.25) is 0 Å². The molecule has 9 aromatic rings. The molecule has 0 bridgehead atoms. The Morgan fingerprint density at radius 2 is 1.40 bits per heavy atom. The van der Waals surface area contributed by atoms with Gasteiger partial charge in [-0.3, -0.25) is 0 Å². The first kappa shape index (κ1) is 39.4. The SMILES string of the molecule is C=C/C=c1\c(=C/C)oc2cccc(N3c4cc(N(c5ccccc5C)c5ccccc5C)ccc4B4c5c3cc(C(C)(C)C)cc5-n3c5c(c6cccc4c63)-c3ccccc3C5(C)C)c12. The number of furan rings is 1. The van der Waals surface area contributed by atoms with Crippen LogP contribution in [0, 0.1) is 13.8 Å². The molecule has 0 saturated heterocycles. The average Bonchev–Trinajstić information content (AvgIpc) is 3.93. The summed E-state index contributed by atoms with van der Waals surface area (Å²) in [6.07, 6.45) is 6.05. The topological polar surface area (TPSA) is 24.6 Å². The molecule has 0 spiro atoms. The number of nitrogens with zero attached hydrogens (tertiary/aromatic N) is 3. The number of para-hydroxylation sites is 3. The maximum atomic E-state index is 6.67. The highest BCUT2D eigenvalue weighted by Crippen LogP contribution is 2.55. The Morgan fingerprint density at radius 1 is 0.708 bits per heavy atom. The molecule has 4 nitrogen and oxygen atoms in total. The Balaban J connectivity index is 1.26. The van der Waals surface area contributed by atoms with E-state index in [1.807, 2.05) is 13.0 Å². The molecule has 0 N–H and O–H groups in total. The lowest BCUT2D eigenvalue weighted by atomic mass is 9.33. The first-order chi connectivity index (χ1) is 31.4. The van der Waals surface area contributed by atoms with Crippen LogP contribution < -0.4 is 36.8 Å². The minimum atomic E-state index is -0.222. The Morgan fingerprint density at radius 3 is 2.11 bits per heavy atom. The van der Waals surface area contributed by atoms with E-state index in [9.17, 15) is 0 Å². The molecular formula is C60H52BN3O. The maximum Gasteiger partial charge on any atom is 0.252 e. The number of hydrogen-bond donors (Lipinski definition) is 0. The third-order valence-corrected chi connectivity index (χ3v) is 14.6. The van der Waals surface area contributed by atoms with Crippen molar-refractivity contribution in [1.82, 2.24) is 4.57 Å². The van der Waals surface area contributed by atoms with Crippen molar-refractivity contribution in [3.63, 3.8) is 0 Å². The summed E-state index contributed by atoms with van der Waals surface area (Å²) in [4.78, 5) is 5.02. The smallest absolute Gasteiger partial charge is 0.252 e. The quantitative estimate of drug-likeness (QED) is 0.161. The largest absolute Gasteiger partial charge is 0.456 e. The van der Waals surface area contributed by atoms with Crippen LogP contribution >= 0.6 is 0 Å². The highest BCUT2D eigenvalue weighted by Gasteiger charge is 2.48. The van der Waals surface area contributed by atoms with Crippen LogP contribution in [0.5, 0.6) is 0 Å². The van der Waals surface area contributed by atoms with E-state index in [-0.39, 0.29) is 17.5 Å². The molecule has 5 heteroatoms. The number of allylic oxidation sites excluding steroid dienone is 1. The number of benzene rings is 7. The zero-order chi connectivity index (χ0) is 44.7. The molecule has 0 saturated carbocycles. The van der Waals surface area contributed by atoms with Crippen LogP contribution in [0.25, 0.3) is 50.8 Å². The van der Waals surface area contributed by atoms with Crippen LogP contribution in [0.1, 0.15) is 69.5 Å². The predicted molar refractivity (Wildman–Crippen MR) is 277 cm³/mol. The molecule has 1 aliphatic carbocycles. The van der Waals surface area contributed by atoms with E-state index >= 15 is 0 Å². The van der Waals surface area contributed by atoms with Crippen LogP contribution in [0.3, 0.4) is 0 Å². The molecular weight excluding hydrogens is 789 g/mol. The highest BCUT2D eigenvalue weighted by atomic mass is 16.3. The lowest BCUT2D eigenvalue weighted by Crippen LogP contribution is -2.60. The molecule has 2 aromatic heterocycles. The summed E-state index contributed by atoms with van der Waals surface area (Å²) in [7, 11) is 0. The molecule has 2 aliphatic heterocycles. The third-order valence-electron chi connectivity index (χ3n) is 14.6. The van der Waals surface area contributed by atoms with Crippen molar-refractivity contribution in [3.8, 4) is 16.8 Å². The van der Waals surface area contributed by atoms with Gasteiger partial charge in [-0.15, -0.1) is 0 Å². The first-order valence-electron chi connectivity index (χ1n) is 23.0. The fourth-order valence-corrected chi connectivity index (χ4v) is 11.7. The predicted octanol–water partition coefficient (Wildman–Crippen LogP) is 12.4. The summed E-state index contributed by atoms with van der Waals surface area (Å²) in [5.74, 6) is 0. The van der Waals surface area contributed by atoms with Crippen LogP contribution in [0.15, 0.2) is 157 Å². The van der Waals surface area contributed by atoms with E-state index in [0.717, 1.165) is 50.0 Å². The molecule has 0 amide bonds. The Labute approximate surface area is 382 Å². The van der Waals surface area contributed by atoms with Gasteiger partial charge in [0.05, 0.1) is 11.1 Å². The minimum absolute atomic E-state index is 0.0217. The van der Waals surface area contributed by atoms with Crippen LogP contribution in [0.2, 0.25) is 0 Å². The number of hydrogen-bond acceptors (Lipinski definition) is 3. The molecule has 12 rings (SSSR count). The van der Waals surface area contributed by atoms with Gasteiger partial charge in [-0.25, -0.2) is 0 Å². The van der Waals surface area contributed by atoms with Crippen LogP contribution in [-0.2, 0) is 10.8 Å². The molecule has 3 aliphatic rings. The standard InChI is InChI=1S/C60H52BN3O/c1-10-20-41-52(11-2)65-53-30-19-29-48(55(41)53)63-49-35-39(62(46-27-16-12-21-36(46)3)47-28-17-13-22-37(47)4)31-32-44(49)61-45-26-18-24-42-54-40-23-14-15-25-43(40)60(8,9)58(54)64(57(42)45)51-34-38(59(5,6)7)33-50(63)56(51)61/h10-35H,1H2,2-9H3/b41-20+,52-11+. The number of aryl methyl sites for hydroxylation is 2. The van der Waals surface area contributed by atoms with Crippen LogP contribution in [-0.4, -0.2) is 11.3 Å². The van der Waals surface area contributed by atoms with Gasteiger partial charge in [0.15, 0.2) is 0 Å². The summed E-state index contributed by atoms with van der Waals surface area (Å²) in [5.41, 5.74) is 23.9. The second kappa shape index (κ2) is 13.9. The number of anilines is 6. The maximum absolute atomic E-state index is 6.67. The van der Waals surface area contributed by atoms with E-state index < -0.39 is 0 Å². The number of aromatic nitrogens is 1. The Hall–Kier alpha value is -7.24. The third kappa shape index (κ3) is 5.39. The lowest BCUT2D eigenvalue weighted by Gasteiger charge is -2.42. The van der Waals surface area contributed by atoms with Gasteiger partial charge < -0.3 is 18.8 Å². The Bertz CT molecular complexity index is 3610. The van der Waals surface area contributed by atoms with E-state index in [1.54, 1.807) is 0 Å². The van der Waals surface area contributed by atoms with Gasteiger partial charge in [0, 0.05) is 66.9 Å². The van der Waals surface area contributed by atoms with Crippen molar-refractivity contribution >= 4 is 91.2 Å². The van der Waals surface area contributed by atoms with E-state index in [1.165, 1.54) is 77.7 Å². The normalized spacial score (nSPS) is 14.8. The molecule has 0 atom stereocenters. The summed E-state index contributed by atoms with van der Waals surface area (Å²) < 4.78 is 9.35. The molecule has 0 unspecified atom stereocenters. The van der Waals surface area contributed by atoms with Gasteiger partial charge in [-0.1, -0.05) is 144 Å². The summed E-state index contributed by atoms with van der Waals surface area (Å²) in [5, 5.41) is 3.42. The first-order valence-corrected chi connectivity index (χ1v) is 23.0. The van der Waals surface area contributed by atoms with Crippen molar-refractivity contribution in [3.05, 3.63) is 191 Å². The minimum Gasteiger partial charge on any atom is -0.456 e. The molecule has 316 valence electrons. The fourth-order valence-electron chi connectivity index (χ4n) is 11.7. The van der Waals surface area contributed by atoms with Crippen molar-refractivity contribution in [2.75, 3.05) is 9.80 Å². The van der Waals surface area contributed by atoms with Crippen molar-refractivity contribution in [2.45, 2.75) is 66.2 Å². The van der Waals surface area contributed by atoms with Crippen LogP contribution in [0.4, 0.5) is 34.1 Å². The summed E-state index contributed by atoms with van der Waals surface area (Å²) >= 11 is 0. The van der Waals surface area contributed by atoms with Gasteiger partial charge in [0.25, 0.3) is 6.71 Å². The second-order valence-electron chi connectivity index (χ2n) is 19.8. The van der Waals surface area contributed by atoms with E-state index in [4.69, 9.17) is 4.42 Å². The molecule has 65 heavy (non-hydrogen) atoms. The van der Waals surface area contributed by atoms with Crippen molar-refractivity contribution in [1.29, 1.82) is 0 Å². The molecule has 4 heterocycles. The zero-order valence-corrected chi connectivity index (χ0v) is 38.5. The van der Waals surface area contributed by atoms with Crippen molar-refractivity contribution < 1.29 is 4.42 Å². The van der Waals surface area contributed by atoms with Crippen molar-refractivity contribution in [2.24, 2.45) is 0 Å². The lowest BCUT2D eigenvalue weighted by molar-refractivity contribution is 0.575. The van der Waals surface area contributed by atoms with E-state index in [2.05, 4.69) is 221 Å². The molecule has 7 aromatic carbocycles. The number of rotatable bonds is 5. The number of fused-ring (bicyclic) bond motifs is 10. The fraction of sp³-hybridized carbons (Fsp3) is 0.167. The second-order valence-corrected chi connectivity index (χ2v) is 19.8. The summed E-state index contributed by atoms with van der Waals surface area (Å²) in [6.45, 7) is 22.5. The van der Waals surface area contributed by atoms with E-state index in [0.29, 0.717) is 0 Å². The Kier molecular flexibility index (Phi) is 8.41. The zero-order valence-electron chi connectivity index (χ0n) is 38.5. The molecule has 0 fully saturated rings. The summed E-state index contributed by atoms with van der Waals surface area (Å²) in [6, 6.07) is 52.4. The monoisotopic (exact) mass is 841 g/mol. The van der Waals surface area contributed by atoms with Gasteiger partial charge in [-0.05, 0) is 125 Å². The average molecular weight is 842 g/mol. The van der Waals surface area contributed by atoms with Gasteiger partial charge in [-0.2, -0.15) is 0 Å². The van der Waals surface area contributed by atoms with Gasteiger partial charge >= 0.3 is 0 Å². The molecule has 0 radical (unpaired) electrons.